The summed E-state index contributed by atoms with van der Waals surface area (Å²) in [7, 11) is 0. The highest BCUT2D eigenvalue weighted by molar-refractivity contribution is 6.06. The van der Waals surface area contributed by atoms with E-state index in [9.17, 15) is 14.4 Å². The van der Waals surface area contributed by atoms with E-state index in [-0.39, 0.29) is 23.4 Å². The monoisotopic (exact) mass is 572 g/mol. The van der Waals surface area contributed by atoms with Crippen LogP contribution in [0.5, 0.6) is 0 Å². The molecular weight excluding hydrogens is 536 g/mol. The summed E-state index contributed by atoms with van der Waals surface area (Å²) >= 11 is 0. The Morgan fingerprint density at radius 1 is 1.02 bits per heavy atom. The van der Waals surface area contributed by atoms with Crippen LogP contribution in [0.15, 0.2) is 41.3 Å². The van der Waals surface area contributed by atoms with E-state index in [1.807, 2.05) is 24.0 Å². The third-order valence-corrected chi connectivity index (χ3v) is 7.98. The molecule has 1 saturated carbocycles. The molecule has 0 radical (unpaired) electrons. The van der Waals surface area contributed by atoms with Crippen molar-refractivity contribution in [3.05, 3.63) is 59.7 Å². The lowest BCUT2D eigenvalue weighted by molar-refractivity contribution is -0.127. The van der Waals surface area contributed by atoms with Gasteiger partial charge < -0.3 is 29.8 Å². The number of anilines is 3. The van der Waals surface area contributed by atoms with Crippen LogP contribution < -0.4 is 20.4 Å². The highest BCUT2D eigenvalue weighted by Gasteiger charge is 2.30. The van der Waals surface area contributed by atoms with Crippen molar-refractivity contribution in [3.8, 4) is 0 Å². The zero-order valence-corrected chi connectivity index (χ0v) is 23.8. The molecule has 220 valence electrons. The van der Waals surface area contributed by atoms with Crippen LogP contribution in [0, 0.1) is 6.92 Å². The first kappa shape index (κ1) is 27.7. The van der Waals surface area contributed by atoms with Crippen molar-refractivity contribution < 1.29 is 18.8 Å². The van der Waals surface area contributed by atoms with E-state index in [1.165, 1.54) is 6.26 Å². The molecule has 0 bridgehead atoms. The van der Waals surface area contributed by atoms with E-state index in [2.05, 4.69) is 35.4 Å². The van der Waals surface area contributed by atoms with E-state index >= 15 is 0 Å². The van der Waals surface area contributed by atoms with Gasteiger partial charge in [0, 0.05) is 75.5 Å². The molecule has 12 heteroatoms. The smallest absolute Gasteiger partial charge is 0.277 e. The summed E-state index contributed by atoms with van der Waals surface area (Å²) in [4.78, 5) is 57.4. The van der Waals surface area contributed by atoms with Gasteiger partial charge in [0.15, 0.2) is 11.6 Å². The second kappa shape index (κ2) is 12.2. The number of amides is 3. The van der Waals surface area contributed by atoms with Crippen LogP contribution in [0.2, 0.25) is 0 Å². The Labute approximate surface area is 244 Å². The minimum Gasteiger partial charge on any atom is -0.448 e. The SMILES string of the molecule is Cc1cc(N2CCN(c3ccc(C(=O)NCCCN4CCCC4=O)cc3NC(=O)c3coc(C4CC4)n3)CC2)ncn1. The second-order valence-corrected chi connectivity index (χ2v) is 11.1. The summed E-state index contributed by atoms with van der Waals surface area (Å²) in [5.41, 5.74) is 2.95. The molecule has 0 atom stereocenters. The van der Waals surface area contributed by atoms with E-state index in [0.717, 1.165) is 56.1 Å². The third-order valence-electron chi connectivity index (χ3n) is 7.98. The Balaban J connectivity index is 1.15. The van der Waals surface area contributed by atoms with Crippen molar-refractivity contribution in [1.82, 2.24) is 25.2 Å². The summed E-state index contributed by atoms with van der Waals surface area (Å²) < 4.78 is 5.53. The standard InChI is InChI=1S/C30H36N8O4/c1-20-16-26(33-19-32-20)37-14-12-36(13-15-37)25-8-7-22(28(40)31-9-3-11-38-10-2-4-27(38)39)17-23(25)34-29(41)24-18-42-30(35-24)21-5-6-21/h7-8,16-19,21H,2-6,9-15H2,1H3,(H,31,40)(H,34,41). The largest absolute Gasteiger partial charge is 0.448 e. The molecule has 2 aromatic heterocycles. The molecule has 2 N–H and O–H groups in total. The zero-order chi connectivity index (χ0) is 29.1. The first-order chi connectivity index (χ1) is 20.4. The van der Waals surface area contributed by atoms with E-state index < -0.39 is 0 Å². The molecule has 3 amide bonds. The van der Waals surface area contributed by atoms with Crippen molar-refractivity contribution in [2.24, 2.45) is 0 Å². The van der Waals surface area contributed by atoms with E-state index in [1.54, 1.807) is 18.5 Å². The number of hydrogen-bond acceptors (Lipinski definition) is 9. The molecule has 0 unspecified atom stereocenters. The lowest BCUT2D eigenvalue weighted by atomic mass is 10.1. The number of hydrogen-bond donors (Lipinski definition) is 2. The quantitative estimate of drug-likeness (QED) is 0.351. The summed E-state index contributed by atoms with van der Waals surface area (Å²) in [5, 5.41) is 5.94. The van der Waals surface area contributed by atoms with Gasteiger partial charge in [-0.2, -0.15) is 0 Å². The van der Waals surface area contributed by atoms with Gasteiger partial charge in [-0.05, 0) is 50.8 Å². The number of carbonyl (C=O) groups excluding carboxylic acids is 3. The molecule has 3 aromatic rings. The van der Waals surface area contributed by atoms with Crippen molar-refractivity contribution in [3.63, 3.8) is 0 Å². The number of oxazole rings is 1. The zero-order valence-electron chi connectivity index (χ0n) is 23.8. The number of carbonyl (C=O) groups is 3. The normalized spacial score (nSPS) is 17.1. The average Bonchev–Trinajstić information content (AvgIpc) is 3.58. The van der Waals surface area contributed by atoms with Gasteiger partial charge in [0.05, 0.1) is 11.4 Å². The van der Waals surface area contributed by atoms with E-state index in [4.69, 9.17) is 4.42 Å². The van der Waals surface area contributed by atoms with Gasteiger partial charge >= 0.3 is 0 Å². The number of benzene rings is 1. The number of rotatable bonds is 10. The van der Waals surface area contributed by atoms with Crippen LogP contribution >= 0.6 is 0 Å². The van der Waals surface area contributed by atoms with Crippen LogP contribution in [-0.4, -0.2) is 83.4 Å². The number of aryl methyl sites for hydroxylation is 1. The molecule has 6 rings (SSSR count). The first-order valence-corrected chi connectivity index (χ1v) is 14.7. The molecule has 4 heterocycles. The fourth-order valence-electron chi connectivity index (χ4n) is 5.45. The summed E-state index contributed by atoms with van der Waals surface area (Å²) in [6.07, 6.45) is 7.22. The Morgan fingerprint density at radius 2 is 1.83 bits per heavy atom. The lowest BCUT2D eigenvalue weighted by Crippen LogP contribution is -2.47. The summed E-state index contributed by atoms with van der Waals surface area (Å²) in [6, 6.07) is 7.36. The highest BCUT2D eigenvalue weighted by Crippen LogP contribution is 2.39. The van der Waals surface area contributed by atoms with Crippen LogP contribution in [-0.2, 0) is 4.79 Å². The number of aromatic nitrogens is 3. The molecule has 2 aliphatic heterocycles. The number of likely N-dealkylation sites (tertiary alicyclic amines) is 1. The fourth-order valence-corrected chi connectivity index (χ4v) is 5.45. The van der Waals surface area contributed by atoms with Crippen molar-refractivity contribution in [2.45, 2.75) is 44.9 Å². The fraction of sp³-hybridized carbons (Fsp3) is 0.467. The number of nitrogens with zero attached hydrogens (tertiary/aromatic N) is 6. The summed E-state index contributed by atoms with van der Waals surface area (Å²) in [6.45, 7) is 6.76. The molecule has 12 nitrogen and oxygen atoms in total. The summed E-state index contributed by atoms with van der Waals surface area (Å²) in [5.74, 6) is 1.37. The Kier molecular flexibility index (Phi) is 8.02. The molecule has 42 heavy (non-hydrogen) atoms. The Bertz CT molecular complexity index is 1460. The third kappa shape index (κ3) is 6.37. The maximum atomic E-state index is 13.2. The minimum atomic E-state index is -0.380. The predicted octanol–water partition coefficient (Wildman–Crippen LogP) is 2.97. The van der Waals surface area contributed by atoms with Crippen LogP contribution in [0.3, 0.4) is 0 Å². The van der Waals surface area contributed by atoms with Crippen molar-refractivity contribution >= 4 is 34.9 Å². The van der Waals surface area contributed by atoms with Gasteiger partial charge in [-0.3, -0.25) is 14.4 Å². The molecule has 0 spiro atoms. The molecule has 1 aliphatic carbocycles. The molecule has 2 saturated heterocycles. The maximum absolute atomic E-state index is 13.2. The van der Waals surface area contributed by atoms with E-state index in [0.29, 0.717) is 62.1 Å². The maximum Gasteiger partial charge on any atom is 0.277 e. The highest BCUT2D eigenvalue weighted by atomic mass is 16.3. The predicted molar refractivity (Wildman–Crippen MR) is 157 cm³/mol. The second-order valence-electron chi connectivity index (χ2n) is 11.1. The van der Waals surface area contributed by atoms with Crippen molar-refractivity contribution in [1.29, 1.82) is 0 Å². The van der Waals surface area contributed by atoms with Gasteiger partial charge in [0.1, 0.15) is 18.4 Å². The van der Waals surface area contributed by atoms with Crippen LogP contribution in [0.4, 0.5) is 17.2 Å². The van der Waals surface area contributed by atoms with Crippen LogP contribution in [0.1, 0.15) is 70.5 Å². The average molecular weight is 573 g/mol. The topological polar surface area (TPSA) is 137 Å². The van der Waals surface area contributed by atoms with Gasteiger partial charge in [-0.1, -0.05) is 0 Å². The minimum absolute atomic E-state index is 0.182. The molecule has 3 fully saturated rings. The Hall–Kier alpha value is -4.48. The molecular formula is C30H36N8O4. The Morgan fingerprint density at radius 3 is 2.57 bits per heavy atom. The number of piperazine rings is 1. The lowest BCUT2D eigenvalue weighted by Gasteiger charge is -2.37. The van der Waals surface area contributed by atoms with Crippen LogP contribution in [0.25, 0.3) is 0 Å². The number of nitrogens with one attached hydrogen (secondary N) is 2. The first-order valence-electron chi connectivity index (χ1n) is 14.7. The van der Waals surface area contributed by atoms with Gasteiger partial charge in [-0.15, -0.1) is 0 Å². The van der Waals surface area contributed by atoms with Gasteiger partial charge in [0.25, 0.3) is 11.8 Å². The van der Waals surface area contributed by atoms with Gasteiger partial charge in [-0.25, -0.2) is 15.0 Å². The molecule has 1 aromatic carbocycles. The van der Waals surface area contributed by atoms with Crippen molar-refractivity contribution in [2.75, 3.05) is 60.9 Å². The van der Waals surface area contributed by atoms with Gasteiger partial charge in [0.2, 0.25) is 5.91 Å². The molecule has 3 aliphatic rings.